The molecule has 1 aliphatic heterocycles. The van der Waals surface area contributed by atoms with Crippen molar-refractivity contribution in [2.45, 2.75) is 31.8 Å². The van der Waals surface area contributed by atoms with Crippen LogP contribution >= 0.6 is 0 Å². The summed E-state index contributed by atoms with van der Waals surface area (Å²) in [6, 6.07) is 18.0. The molecule has 25 heavy (non-hydrogen) atoms. The summed E-state index contributed by atoms with van der Waals surface area (Å²) in [5.41, 5.74) is 8.90. The number of ether oxygens (including phenoxy) is 1. The first-order chi connectivity index (χ1) is 12.2. The standard InChI is InChI=1S/C21H26N2O2/c22-19-11-5-4-7-16(19)12-13-20(24)23-15-18-10-6-14-25-21(18)17-8-2-1-3-9-17/h1-5,7-9,11,18,21H,6,10,12-15,22H2,(H,23,24). The van der Waals surface area contributed by atoms with Gasteiger partial charge in [-0.15, -0.1) is 0 Å². The van der Waals surface area contributed by atoms with E-state index in [1.54, 1.807) is 0 Å². The molecule has 132 valence electrons. The van der Waals surface area contributed by atoms with Gasteiger partial charge in [-0.05, 0) is 36.5 Å². The Kier molecular flexibility index (Phi) is 6.07. The first kappa shape index (κ1) is 17.5. The van der Waals surface area contributed by atoms with Gasteiger partial charge in [0.1, 0.15) is 0 Å². The molecule has 3 rings (SSSR count). The van der Waals surface area contributed by atoms with Gasteiger partial charge in [0.2, 0.25) is 5.91 Å². The van der Waals surface area contributed by atoms with E-state index in [0.717, 1.165) is 30.7 Å². The van der Waals surface area contributed by atoms with Crippen molar-refractivity contribution in [1.82, 2.24) is 5.32 Å². The zero-order valence-corrected chi connectivity index (χ0v) is 14.5. The number of carbonyl (C=O) groups is 1. The molecule has 1 heterocycles. The molecule has 1 amide bonds. The number of anilines is 1. The van der Waals surface area contributed by atoms with E-state index in [2.05, 4.69) is 17.4 Å². The van der Waals surface area contributed by atoms with Gasteiger partial charge in [-0.2, -0.15) is 0 Å². The summed E-state index contributed by atoms with van der Waals surface area (Å²) in [6.07, 6.45) is 3.31. The number of hydrogen-bond donors (Lipinski definition) is 2. The zero-order valence-electron chi connectivity index (χ0n) is 14.5. The van der Waals surface area contributed by atoms with Crippen LogP contribution in [0.1, 0.15) is 36.5 Å². The molecule has 1 saturated heterocycles. The molecule has 1 aliphatic rings. The maximum Gasteiger partial charge on any atom is 0.220 e. The Balaban J connectivity index is 1.51. The fourth-order valence-electron chi connectivity index (χ4n) is 3.41. The first-order valence-electron chi connectivity index (χ1n) is 9.00. The van der Waals surface area contributed by atoms with Gasteiger partial charge in [-0.25, -0.2) is 0 Å². The van der Waals surface area contributed by atoms with Crippen LogP contribution in [0, 0.1) is 5.92 Å². The minimum atomic E-state index is 0.0695. The summed E-state index contributed by atoms with van der Waals surface area (Å²) in [5, 5.41) is 3.08. The molecule has 0 saturated carbocycles. The third-order valence-electron chi connectivity index (χ3n) is 4.81. The van der Waals surface area contributed by atoms with Crippen LogP contribution in [-0.2, 0) is 16.0 Å². The summed E-state index contributed by atoms with van der Waals surface area (Å²) in [6.45, 7) is 1.44. The molecule has 0 aliphatic carbocycles. The molecular weight excluding hydrogens is 312 g/mol. The van der Waals surface area contributed by atoms with Crippen molar-refractivity contribution in [3.8, 4) is 0 Å². The highest BCUT2D eigenvalue weighted by molar-refractivity contribution is 5.76. The number of nitrogen functional groups attached to an aromatic ring is 1. The Morgan fingerprint density at radius 3 is 2.68 bits per heavy atom. The van der Waals surface area contributed by atoms with E-state index in [1.807, 2.05) is 42.5 Å². The fourth-order valence-corrected chi connectivity index (χ4v) is 3.41. The van der Waals surface area contributed by atoms with Crippen LogP contribution in [-0.4, -0.2) is 19.1 Å². The van der Waals surface area contributed by atoms with Crippen molar-refractivity contribution in [3.63, 3.8) is 0 Å². The first-order valence-corrected chi connectivity index (χ1v) is 9.00. The highest BCUT2D eigenvalue weighted by Gasteiger charge is 2.27. The molecule has 0 bridgehead atoms. The molecule has 2 atom stereocenters. The SMILES string of the molecule is Nc1ccccc1CCC(=O)NCC1CCCOC1c1ccccc1. The van der Waals surface area contributed by atoms with Crippen LogP contribution in [0.4, 0.5) is 5.69 Å². The van der Waals surface area contributed by atoms with E-state index in [-0.39, 0.29) is 12.0 Å². The minimum Gasteiger partial charge on any atom is -0.399 e. The third kappa shape index (κ3) is 4.83. The molecule has 2 unspecified atom stereocenters. The van der Waals surface area contributed by atoms with Gasteiger partial charge >= 0.3 is 0 Å². The lowest BCUT2D eigenvalue weighted by atomic mass is 9.89. The number of rotatable bonds is 6. The van der Waals surface area contributed by atoms with Crippen LogP contribution in [0.3, 0.4) is 0 Å². The van der Waals surface area contributed by atoms with Crippen molar-refractivity contribution in [1.29, 1.82) is 0 Å². The van der Waals surface area contributed by atoms with Crippen molar-refractivity contribution in [2.75, 3.05) is 18.9 Å². The fraction of sp³-hybridized carbons (Fsp3) is 0.381. The molecule has 4 heteroatoms. The van der Waals surface area contributed by atoms with E-state index < -0.39 is 0 Å². The number of nitrogens with two attached hydrogens (primary N) is 1. The third-order valence-corrected chi connectivity index (χ3v) is 4.81. The Morgan fingerprint density at radius 2 is 1.88 bits per heavy atom. The number of amides is 1. The number of para-hydroxylation sites is 1. The van der Waals surface area contributed by atoms with Crippen LogP contribution in [0.5, 0.6) is 0 Å². The molecule has 0 aromatic heterocycles. The van der Waals surface area contributed by atoms with Gasteiger partial charge < -0.3 is 15.8 Å². The van der Waals surface area contributed by atoms with Gasteiger partial charge in [0, 0.05) is 31.2 Å². The average molecular weight is 338 g/mol. The van der Waals surface area contributed by atoms with Gasteiger partial charge in [-0.1, -0.05) is 48.5 Å². The Bertz CT molecular complexity index is 687. The van der Waals surface area contributed by atoms with E-state index in [0.29, 0.717) is 25.3 Å². The maximum absolute atomic E-state index is 12.2. The summed E-state index contributed by atoms with van der Waals surface area (Å²) >= 11 is 0. The van der Waals surface area contributed by atoms with Crippen LogP contribution in [0.25, 0.3) is 0 Å². The topological polar surface area (TPSA) is 64.4 Å². The number of hydrogen-bond acceptors (Lipinski definition) is 3. The van der Waals surface area contributed by atoms with Gasteiger partial charge in [0.05, 0.1) is 6.10 Å². The Labute approximate surface area is 149 Å². The van der Waals surface area contributed by atoms with Crippen molar-refractivity contribution in [2.24, 2.45) is 5.92 Å². The summed E-state index contributed by atoms with van der Waals surface area (Å²) in [5.74, 6) is 0.391. The molecular formula is C21H26N2O2. The molecule has 0 radical (unpaired) electrons. The van der Waals surface area contributed by atoms with E-state index in [9.17, 15) is 4.79 Å². The summed E-state index contributed by atoms with van der Waals surface area (Å²) in [4.78, 5) is 12.2. The number of benzene rings is 2. The van der Waals surface area contributed by atoms with E-state index >= 15 is 0 Å². The smallest absolute Gasteiger partial charge is 0.220 e. The highest BCUT2D eigenvalue weighted by atomic mass is 16.5. The number of nitrogens with one attached hydrogen (secondary N) is 1. The molecule has 0 spiro atoms. The predicted octanol–water partition coefficient (Wildman–Crippen LogP) is 3.49. The van der Waals surface area contributed by atoms with Crippen molar-refractivity contribution < 1.29 is 9.53 Å². The molecule has 2 aromatic carbocycles. The van der Waals surface area contributed by atoms with Gasteiger partial charge in [-0.3, -0.25) is 4.79 Å². The summed E-state index contributed by atoms with van der Waals surface area (Å²) in [7, 11) is 0. The molecule has 1 fully saturated rings. The highest BCUT2D eigenvalue weighted by Crippen LogP contribution is 2.33. The van der Waals surface area contributed by atoms with Crippen molar-refractivity contribution in [3.05, 3.63) is 65.7 Å². The van der Waals surface area contributed by atoms with E-state index in [1.165, 1.54) is 5.56 Å². The Hall–Kier alpha value is -2.33. The second-order valence-electron chi connectivity index (χ2n) is 6.61. The average Bonchev–Trinajstić information content (AvgIpc) is 2.66. The molecule has 3 N–H and O–H groups in total. The van der Waals surface area contributed by atoms with Gasteiger partial charge in [0.15, 0.2) is 0 Å². The number of carbonyl (C=O) groups excluding carboxylic acids is 1. The minimum absolute atomic E-state index is 0.0695. The lowest BCUT2D eigenvalue weighted by Crippen LogP contribution is -2.35. The normalized spacial score (nSPS) is 20.2. The zero-order chi connectivity index (χ0) is 17.5. The Morgan fingerprint density at radius 1 is 1.12 bits per heavy atom. The molecule has 2 aromatic rings. The van der Waals surface area contributed by atoms with Crippen LogP contribution in [0.2, 0.25) is 0 Å². The molecule has 4 nitrogen and oxygen atoms in total. The van der Waals surface area contributed by atoms with Crippen molar-refractivity contribution >= 4 is 11.6 Å². The monoisotopic (exact) mass is 338 g/mol. The second kappa shape index (κ2) is 8.67. The predicted molar refractivity (Wildman–Crippen MR) is 100 cm³/mol. The van der Waals surface area contributed by atoms with Crippen LogP contribution < -0.4 is 11.1 Å². The lowest BCUT2D eigenvalue weighted by Gasteiger charge is -2.32. The lowest BCUT2D eigenvalue weighted by molar-refractivity contribution is -0.121. The van der Waals surface area contributed by atoms with Gasteiger partial charge in [0.25, 0.3) is 0 Å². The second-order valence-corrected chi connectivity index (χ2v) is 6.61. The number of aryl methyl sites for hydroxylation is 1. The largest absolute Gasteiger partial charge is 0.399 e. The maximum atomic E-state index is 12.2. The summed E-state index contributed by atoms with van der Waals surface area (Å²) < 4.78 is 5.99. The van der Waals surface area contributed by atoms with Crippen LogP contribution in [0.15, 0.2) is 54.6 Å². The van der Waals surface area contributed by atoms with E-state index in [4.69, 9.17) is 10.5 Å². The quantitative estimate of drug-likeness (QED) is 0.793.